The van der Waals surface area contributed by atoms with Gasteiger partial charge in [-0.15, -0.1) is 0 Å². The van der Waals surface area contributed by atoms with Gasteiger partial charge < -0.3 is 21.6 Å². The summed E-state index contributed by atoms with van der Waals surface area (Å²) < 4.78 is 0. The van der Waals surface area contributed by atoms with Gasteiger partial charge in [-0.3, -0.25) is 4.79 Å². The van der Waals surface area contributed by atoms with Gasteiger partial charge in [0.15, 0.2) is 5.96 Å². The fourth-order valence-corrected chi connectivity index (χ4v) is 1.93. The number of nitrogens with one attached hydrogen (secondary N) is 1. The summed E-state index contributed by atoms with van der Waals surface area (Å²) in [7, 11) is 0. The number of aliphatic imine (C=N–C) groups is 1. The molecule has 2 rings (SSSR count). The number of amides is 1. The molecule has 0 aliphatic carbocycles. The van der Waals surface area contributed by atoms with Gasteiger partial charge in [0, 0.05) is 5.56 Å². The molecule has 0 aliphatic heterocycles. The van der Waals surface area contributed by atoms with Crippen molar-refractivity contribution in [2.24, 2.45) is 16.5 Å². The summed E-state index contributed by atoms with van der Waals surface area (Å²) in [4.78, 5) is 26.4. The molecule has 6 heteroatoms. The standard InChI is InChI=1S/C14H14N4O2/c15-14(16)18-10-7-9-3-1-2-4-11(9)12(8-10)13(20)17-5-6-19/h1-4,6-8H,5H2,(H,17,20)(H4,15,16,18). The Kier molecular flexibility index (Phi) is 3.95. The van der Waals surface area contributed by atoms with Crippen molar-refractivity contribution in [1.29, 1.82) is 0 Å². The summed E-state index contributed by atoms with van der Waals surface area (Å²) in [5, 5.41) is 4.11. The average molecular weight is 270 g/mol. The quantitative estimate of drug-likeness (QED) is 0.431. The van der Waals surface area contributed by atoms with Crippen LogP contribution in [0.3, 0.4) is 0 Å². The van der Waals surface area contributed by atoms with Crippen LogP contribution < -0.4 is 16.8 Å². The van der Waals surface area contributed by atoms with E-state index in [0.717, 1.165) is 10.8 Å². The van der Waals surface area contributed by atoms with E-state index in [2.05, 4.69) is 10.3 Å². The molecule has 0 saturated heterocycles. The Balaban J connectivity index is 2.57. The van der Waals surface area contributed by atoms with Gasteiger partial charge in [-0.1, -0.05) is 24.3 Å². The predicted octanol–water partition coefficient (Wildman–Crippen LogP) is 0.673. The van der Waals surface area contributed by atoms with Gasteiger partial charge in [0.1, 0.15) is 6.29 Å². The molecule has 1 amide bonds. The SMILES string of the molecule is NC(N)=Nc1cc(C(=O)NCC=O)c2ccccc2c1. The van der Waals surface area contributed by atoms with Gasteiger partial charge in [-0.05, 0) is 22.9 Å². The van der Waals surface area contributed by atoms with E-state index in [1.54, 1.807) is 12.1 Å². The second-order valence-electron chi connectivity index (χ2n) is 4.13. The molecule has 0 atom stereocenters. The predicted molar refractivity (Wildman–Crippen MR) is 77.8 cm³/mol. The van der Waals surface area contributed by atoms with E-state index in [0.29, 0.717) is 17.5 Å². The van der Waals surface area contributed by atoms with Crippen molar-refractivity contribution >= 4 is 34.6 Å². The Morgan fingerprint density at radius 3 is 2.70 bits per heavy atom. The number of hydrogen-bond acceptors (Lipinski definition) is 3. The lowest BCUT2D eigenvalue weighted by atomic mass is 10.0. The van der Waals surface area contributed by atoms with Crippen molar-refractivity contribution in [1.82, 2.24) is 5.32 Å². The first kappa shape index (κ1) is 13.5. The summed E-state index contributed by atoms with van der Waals surface area (Å²) in [5.74, 6) is -0.430. The topological polar surface area (TPSA) is 111 Å². The van der Waals surface area contributed by atoms with Crippen molar-refractivity contribution in [3.05, 3.63) is 42.0 Å². The van der Waals surface area contributed by atoms with Crippen molar-refractivity contribution in [2.75, 3.05) is 6.54 Å². The van der Waals surface area contributed by atoms with Crippen LogP contribution in [0.15, 0.2) is 41.4 Å². The van der Waals surface area contributed by atoms with E-state index < -0.39 is 0 Å². The maximum absolute atomic E-state index is 12.1. The minimum Gasteiger partial charge on any atom is -0.370 e. The van der Waals surface area contributed by atoms with Gasteiger partial charge >= 0.3 is 0 Å². The minimum atomic E-state index is -0.346. The normalized spacial score (nSPS) is 10.0. The molecular weight excluding hydrogens is 256 g/mol. The lowest BCUT2D eigenvalue weighted by Gasteiger charge is -2.08. The summed E-state index contributed by atoms with van der Waals surface area (Å²) in [6.07, 6.45) is 0.625. The molecule has 0 spiro atoms. The first-order valence-corrected chi connectivity index (χ1v) is 5.96. The van der Waals surface area contributed by atoms with Crippen LogP contribution in [-0.2, 0) is 4.79 Å². The molecule has 0 bridgehead atoms. The largest absolute Gasteiger partial charge is 0.370 e. The Labute approximate surface area is 115 Å². The maximum Gasteiger partial charge on any atom is 0.252 e. The van der Waals surface area contributed by atoms with Gasteiger partial charge in [0.2, 0.25) is 0 Å². The number of nitrogens with zero attached hydrogens (tertiary/aromatic N) is 1. The van der Waals surface area contributed by atoms with Gasteiger partial charge in [0.05, 0.1) is 12.2 Å². The minimum absolute atomic E-state index is 0.0420. The highest BCUT2D eigenvalue weighted by atomic mass is 16.2. The van der Waals surface area contributed by atoms with Crippen molar-refractivity contribution < 1.29 is 9.59 Å². The number of rotatable bonds is 4. The number of aldehydes is 1. The van der Waals surface area contributed by atoms with Crippen molar-refractivity contribution in [3.63, 3.8) is 0 Å². The number of carbonyl (C=O) groups is 2. The summed E-state index contributed by atoms with van der Waals surface area (Å²) in [5.41, 5.74) is 11.6. The van der Waals surface area contributed by atoms with E-state index in [1.807, 2.05) is 24.3 Å². The van der Waals surface area contributed by atoms with E-state index >= 15 is 0 Å². The van der Waals surface area contributed by atoms with Crippen LogP contribution in [0.5, 0.6) is 0 Å². The molecule has 5 N–H and O–H groups in total. The van der Waals surface area contributed by atoms with Crippen molar-refractivity contribution in [3.8, 4) is 0 Å². The van der Waals surface area contributed by atoms with Crippen LogP contribution >= 0.6 is 0 Å². The van der Waals surface area contributed by atoms with Crippen LogP contribution in [0, 0.1) is 0 Å². The third-order valence-corrected chi connectivity index (χ3v) is 2.70. The Morgan fingerprint density at radius 2 is 2.00 bits per heavy atom. The zero-order chi connectivity index (χ0) is 14.5. The molecule has 2 aromatic carbocycles. The molecule has 2 aromatic rings. The second kappa shape index (κ2) is 5.83. The van der Waals surface area contributed by atoms with E-state index in [1.165, 1.54) is 0 Å². The summed E-state index contributed by atoms with van der Waals surface area (Å²) in [6, 6.07) is 10.7. The molecule has 0 unspecified atom stereocenters. The van der Waals surface area contributed by atoms with Crippen molar-refractivity contribution in [2.45, 2.75) is 0 Å². The number of carbonyl (C=O) groups excluding carboxylic acids is 2. The molecule has 6 nitrogen and oxygen atoms in total. The molecule has 0 heterocycles. The zero-order valence-corrected chi connectivity index (χ0v) is 10.7. The van der Waals surface area contributed by atoms with E-state index in [4.69, 9.17) is 11.5 Å². The Bertz CT molecular complexity index is 691. The first-order valence-electron chi connectivity index (χ1n) is 5.96. The molecule has 0 saturated carbocycles. The number of fused-ring (bicyclic) bond motifs is 1. The van der Waals surface area contributed by atoms with Crippen LogP contribution in [0.25, 0.3) is 10.8 Å². The third-order valence-electron chi connectivity index (χ3n) is 2.70. The zero-order valence-electron chi connectivity index (χ0n) is 10.7. The van der Waals surface area contributed by atoms with Crippen LogP contribution in [0.4, 0.5) is 5.69 Å². The average Bonchev–Trinajstić information content (AvgIpc) is 2.43. The van der Waals surface area contributed by atoms with Gasteiger partial charge in [0.25, 0.3) is 5.91 Å². The molecule has 0 radical (unpaired) electrons. The smallest absolute Gasteiger partial charge is 0.252 e. The highest BCUT2D eigenvalue weighted by Crippen LogP contribution is 2.25. The Morgan fingerprint density at radius 1 is 1.25 bits per heavy atom. The van der Waals surface area contributed by atoms with Gasteiger partial charge in [-0.2, -0.15) is 0 Å². The highest BCUT2D eigenvalue weighted by Gasteiger charge is 2.11. The van der Waals surface area contributed by atoms with Gasteiger partial charge in [-0.25, -0.2) is 4.99 Å². The molecule has 102 valence electrons. The highest BCUT2D eigenvalue weighted by molar-refractivity contribution is 6.08. The van der Waals surface area contributed by atoms with Crippen LogP contribution in [0.2, 0.25) is 0 Å². The molecule has 0 aliphatic rings. The molecule has 20 heavy (non-hydrogen) atoms. The number of nitrogens with two attached hydrogens (primary N) is 2. The first-order chi connectivity index (χ1) is 9.61. The summed E-state index contributed by atoms with van der Waals surface area (Å²) in [6.45, 7) is -0.0420. The number of guanidine groups is 1. The fraction of sp³-hybridized carbons (Fsp3) is 0.0714. The van der Waals surface area contributed by atoms with Crippen LogP contribution in [0.1, 0.15) is 10.4 Å². The summed E-state index contributed by atoms with van der Waals surface area (Å²) >= 11 is 0. The third kappa shape index (κ3) is 2.92. The maximum atomic E-state index is 12.1. The molecule has 0 fully saturated rings. The second-order valence-corrected chi connectivity index (χ2v) is 4.13. The lowest BCUT2D eigenvalue weighted by Crippen LogP contribution is -2.25. The number of benzene rings is 2. The Hall–Kier alpha value is -2.89. The van der Waals surface area contributed by atoms with E-state index in [-0.39, 0.29) is 18.4 Å². The fourth-order valence-electron chi connectivity index (χ4n) is 1.93. The molecule has 0 aromatic heterocycles. The monoisotopic (exact) mass is 270 g/mol. The van der Waals surface area contributed by atoms with Crippen LogP contribution in [-0.4, -0.2) is 24.7 Å². The van der Waals surface area contributed by atoms with E-state index in [9.17, 15) is 9.59 Å². The number of hydrogen-bond donors (Lipinski definition) is 3. The molecular formula is C14H14N4O2. The lowest BCUT2D eigenvalue weighted by molar-refractivity contribution is -0.107.